The molecule has 0 rings (SSSR count). The lowest BCUT2D eigenvalue weighted by Crippen LogP contribution is -2.42. The third kappa shape index (κ3) is 4.69. The average molecular weight is 203 g/mol. The molecule has 0 saturated carbocycles. The van der Waals surface area contributed by atoms with Crippen molar-refractivity contribution in [1.82, 2.24) is 5.32 Å². The number of hydrogen-bond acceptors (Lipinski definition) is 4. The third-order valence-corrected chi connectivity index (χ3v) is 1.67. The van der Waals surface area contributed by atoms with E-state index in [9.17, 15) is 9.59 Å². The Morgan fingerprint density at radius 3 is 2.14 bits per heavy atom. The van der Waals surface area contributed by atoms with Crippen LogP contribution in [0.15, 0.2) is 0 Å². The predicted molar refractivity (Wildman–Crippen MR) is 50.8 cm³/mol. The summed E-state index contributed by atoms with van der Waals surface area (Å²) in [5.74, 6) is -0.166. The second-order valence-electron chi connectivity index (χ2n) is 3.34. The highest BCUT2D eigenvalue weighted by Gasteiger charge is 2.22. The normalized spacial score (nSPS) is 12.1. The van der Waals surface area contributed by atoms with Crippen LogP contribution in [-0.4, -0.2) is 32.3 Å². The summed E-state index contributed by atoms with van der Waals surface area (Å²) in [4.78, 5) is 22.1. The molecule has 0 bridgehead atoms. The van der Waals surface area contributed by atoms with E-state index in [4.69, 9.17) is 0 Å². The molecule has 0 aliphatic rings. The molecule has 0 aromatic carbocycles. The van der Waals surface area contributed by atoms with Crippen LogP contribution in [0.1, 0.15) is 20.3 Å². The highest BCUT2D eigenvalue weighted by atomic mass is 16.5. The Hall–Kier alpha value is -1.26. The topological polar surface area (TPSA) is 64.6 Å². The molecule has 14 heavy (non-hydrogen) atoms. The van der Waals surface area contributed by atoms with Gasteiger partial charge in [-0.05, 0) is 12.3 Å². The lowest BCUT2D eigenvalue weighted by Gasteiger charge is -2.17. The quantitative estimate of drug-likeness (QED) is 0.690. The highest BCUT2D eigenvalue weighted by molar-refractivity contribution is 5.81. The SMILES string of the molecule is COC(=O)NC(CC(C)C)C(=O)OC. The van der Waals surface area contributed by atoms with Gasteiger partial charge in [0.15, 0.2) is 0 Å². The maximum atomic E-state index is 11.2. The molecular formula is C9H17NO4. The van der Waals surface area contributed by atoms with Crippen LogP contribution in [0.25, 0.3) is 0 Å². The first-order chi connectivity index (χ1) is 6.51. The van der Waals surface area contributed by atoms with E-state index in [-0.39, 0.29) is 5.92 Å². The summed E-state index contributed by atoms with van der Waals surface area (Å²) in [6, 6.07) is -0.632. The van der Waals surface area contributed by atoms with Gasteiger partial charge in [-0.3, -0.25) is 0 Å². The van der Waals surface area contributed by atoms with E-state index in [1.807, 2.05) is 13.8 Å². The minimum atomic E-state index is -0.632. The summed E-state index contributed by atoms with van der Waals surface area (Å²) in [6.07, 6.45) is -0.0945. The fourth-order valence-corrected chi connectivity index (χ4v) is 1.03. The van der Waals surface area contributed by atoms with Gasteiger partial charge in [0.25, 0.3) is 0 Å². The Balaban J connectivity index is 4.24. The van der Waals surface area contributed by atoms with E-state index in [0.29, 0.717) is 6.42 Å². The average Bonchev–Trinajstić information content (AvgIpc) is 2.14. The van der Waals surface area contributed by atoms with Crippen molar-refractivity contribution in [3.63, 3.8) is 0 Å². The first kappa shape index (κ1) is 12.7. The maximum absolute atomic E-state index is 11.2. The minimum Gasteiger partial charge on any atom is -0.467 e. The van der Waals surface area contributed by atoms with E-state index in [0.717, 1.165) is 0 Å². The van der Waals surface area contributed by atoms with Gasteiger partial charge in [-0.2, -0.15) is 0 Å². The van der Waals surface area contributed by atoms with Crippen molar-refractivity contribution in [2.24, 2.45) is 5.92 Å². The van der Waals surface area contributed by atoms with Gasteiger partial charge in [0.05, 0.1) is 14.2 Å². The first-order valence-electron chi connectivity index (χ1n) is 4.43. The number of methoxy groups -OCH3 is 2. The zero-order valence-electron chi connectivity index (χ0n) is 8.99. The van der Waals surface area contributed by atoms with Crippen LogP contribution in [0.4, 0.5) is 4.79 Å². The highest BCUT2D eigenvalue weighted by Crippen LogP contribution is 2.06. The second kappa shape index (κ2) is 6.23. The van der Waals surface area contributed by atoms with Gasteiger partial charge in [-0.1, -0.05) is 13.8 Å². The van der Waals surface area contributed by atoms with Crippen LogP contribution in [0.3, 0.4) is 0 Å². The summed E-state index contributed by atoms with van der Waals surface area (Å²) < 4.78 is 8.95. The number of nitrogens with one attached hydrogen (secondary N) is 1. The molecule has 0 aromatic heterocycles. The van der Waals surface area contributed by atoms with Crippen LogP contribution in [0.2, 0.25) is 0 Å². The largest absolute Gasteiger partial charge is 0.467 e. The first-order valence-corrected chi connectivity index (χ1v) is 4.43. The molecule has 0 radical (unpaired) electrons. The third-order valence-electron chi connectivity index (χ3n) is 1.67. The molecule has 0 aromatic rings. The van der Waals surface area contributed by atoms with Crippen molar-refractivity contribution in [3.8, 4) is 0 Å². The molecule has 0 fully saturated rings. The minimum absolute atomic E-state index is 0.288. The van der Waals surface area contributed by atoms with Gasteiger partial charge in [0.1, 0.15) is 6.04 Å². The molecule has 5 nitrogen and oxygen atoms in total. The van der Waals surface area contributed by atoms with Gasteiger partial charge >= 0.3 is 12.1 Å². The zero-order valence-corrected chi connectivity index (χ0v) is 8.99. The Morgan fingerprint density at radius 2 is 1.79 bits per heavy atom. The van der Waals surface area contributed by atoms with Crippen LogP contribution in [0, 0.1) is 5.92 Å². The number of carbonyl (C=O) groups excluding carboxylic acids is 2. The number of amides is 1. The van der Waals surface area contributed by atoms with Crippen molar-refractivity contribution in [2.45, 2.75) is 26.3 Å². The predicted octanol–water partition coefficient (Wildman–Crippen LogP) is 0.930. The number of alkyl carbamates (subject to hydrolysis) is 1. The lowest BCUT2D eigenvalue weighted by molar-refractivity contribution is -0.143. The standard InChI is InChI=1S/C9H17NO4/c1-6(2)5-7(8(11)13-3)10-9(12)14-4/h6-7H,5H2,1-4H3,(H,10,12). The smallest absolute Gasteiger partial charge is 0.407 e. The van der Waals surface area contributed by atoms with Crippen LogP contribution in [0.5, 0.6) is 0 Å². The Morgan fingerprint density at radius 1 is 1.21 bits per heavy atom. The zero-order chi connectivity index (χ0) is 11.1. The fraction of sp³-hybridized carbons (Fsp3) is 0.778. The van der Waals surface area contributed by atoms with Gasteiger partial charge in [-0.15, -0.1) is 0 Å². The van der Waals surface area contributed by atoms with E-state index in [2.05, 4.69) is 14.8 Å². The van der Waals surface area contributed by atoms with E-state index in [1.54, 1.807) is 0 Å². The van der Waals surface area contributed by atoms with Crippen molar-refractivity contribution < 1.29 is 19.1 Å². The molecule has 1 N–H and O–H groups in total. The van der Waals surface area contributed by atoms with Gasteiger partial charge in [-0.25, -0.2) is 9.59 Å². The monoisotopic (exact) mass is 203 g/mol. The lowest BCUT2D eigenvalue weighted by atomic mass is 10.0. The van der Waals surface area contributed by atoms with E-state index in [1.165, 1.54) is 14.2 Å². The van der Waals surface area contributed by atoms with Crippen molar-refractivity contribution >= 4 is 12.1 Å². The maximum Gasteiger partial charge on any atom is 0.407 e. The number of rotatable bonds is 4. The summed E-state index contributed by atoms with van der Waals surface area (Å²) in [7, 11) is 2.54. The Kier molecular flexibility index (Phi) is 5.67. The fourth-order valence-electron chi connectivity index (χ4n) is 1.03. The molecule has 1 atom stereocenters. The molecule has 0 heterocycles. The van der Waals surface area contributed by atoms with Crippen LogP contribution < -0.4 is 5.32 Å². The number of ether oxygens (including phenoxy) is 2. The van der Waals surface area contributed by atoms with E-state index < -0.39 is 18.1 Å². The molecule has 82 valence electrons. The van der Waals surface area contributed by atoms with Gasteiger partial charge in [0, 0.05) is 0 Å². The van der Waals surface area contributed by atoms with Crippen LogP contribution >= 0.6 is 0 Å². The second-order valence-corrected chi connectivity index (χ2v) is 3.34. The molecule has 0 saturated heterocycles. The van der Waals surface area contributed by atoms with Gasteiger partial charge in [0.2, 0.25) is 0 Å². The molecule has 5 heteroatoms. The molecule has 1 unspecified atom stereocenters. The summed E-state index contributed by atoms with van der Waals surface area (Å²) in [5.41, 5.74) is 0. The number of carbonyl (C=O) groups is 2. The van der Waals surface area contributed by atoms with Crippen LogP contribution in [-0.2, 0) is 14.3 Å². The van der Waals surface area contributed by atoms with Gasteiger partial charge < -0.3 is 14.8 Å². The molecule has 0 aliphatic heterocycles. The summed E-state index contributed by atoms with van der Waals surface area (Å²) >= 11 is 0. The number of esters is 1. The summed E-state index contributed by atoms with van der Waals surface area (Å²) in [5, 5.41) is 2.41. The van der Waals surface area contributed by atoms with E-state index >= 15 is 0 Å². The molecular weight excluding hydrogens is 186 g/mol. The Bertz CT molecular complexity index is 203. The number of hydrogen-bond donors (Lipinski definition) is 1. The summed E-state index contributed by atoms with van der Waals surface area (Å²) in [6.45, 7) is 3.91. The van der Waals surface area contributed by atoms with Crippen molar-refractivity contribution in [2.75, 3.05) is 14.2 Å². The molecule has 0 aliphatic carbocycles. The Labute approximate surface area is 83.8 Å². The molecule has 0 spiro atoms. The van der Waals surface area contributed by atoms with Crippen molar-refractivity contribution in [3.05, 3.63) is 0 Å². The molecule has 1 amide bonds. The van der Waals surface area contributed by atoms with Crippen molar-refractivity contribution in [1.29, 1.82) is 0 Å².